The zero-order valence-electron chi connectivity index (χ0n) is 14.1. The number of fused-ring (bicyclic) bond motifs is 1. The predicted molar refractivity (Wildman–Crippen MR) is 91.7 cm³/mol. The third-order valence-corrected chi connectivity index (χ3v) is 5.02. The van der Waals surface area contributed by atoms with Gasteiger partial charge >= 0.3 is 0 Å². The fourth-order valence-corrected chi connectivity index (χ4v) is 3.72. The number of hydrogen-bond acceptors (Lipinski definition) is 5. The van der Waals surface area contributed by atoms with Crippen LogP contribution >= 0.6 is 0 Å². The summed E-state index contributed by atoms with van der Waals surface area (Å²) in [5, 5.41) is 10.7. The first-order chi connectivity index (χ1) is 12.3. The quantitative estimate of drug-likeness (QED) is 0.878. The highest BCUT2D eigenvalue weighted by Gasteiger charge is 2.38. The molecule has 2 fully saturated rings. The number of nitrogens with zero attached hydrogens (tertiary/aromatic N) is 4. The number of amides is 1. The second-order valence-corrected chi connectivity index (χ2v) is 6.79. The van der Waals surface area contributed by atoms with Crippen LogP contribution in [-0.2, 0) is 16.1 Å². The van der Waals surface area contributed by atoms with Crippen LogP contribution in [0.25, 0.3) is 0 Å². The molecule has 1 aromatic heterocycles. The molecule has 1 amide bonds. The molecule has 2 aliphatic rings. The van der Waals surface area contributed by atoms with E-state index >= 15 is 0 Å². The van der Waals surface area contributed by atoms with Gasteiger partial charge in [0.1, 0.15) is 12.7 Å². The summed E-state index contributed by atoms with van der Waals surface area (Å²) in [6.07, 6.45) is 4.79. The maximum Gasteiger partial charge on any atom is 0.222 e. The lowest BCUT2D eigenvalue weighted by atomic mass is 10.1. The molecule has 0 radical (unpaired) electrons. The average molecular weight is 341 g/mol. The van der Waals surface area contributed by atoms with E-state index in [1.54, 1.807) is 12.7 Å². The number of carbonyl (C=O) groups is 1. The molecule has 2 saturated heterocycles. The highest BCUT2D eigenvalue weighted by atomic mass is 16.5. The normalized spacial score (nSPS) is 26.3. The SMILES string of the molecule is O=C(CCn1cnnc1)N[C@@H]1C[C@H]2CO[C@@H](c3ccccc3)CN2C1. The van der Waals surface area contributed by atoms with Gasteiger partial charge in [-0.15, -0.1) is 10.2 Å². The number of aromatic nitrogens is 3. The molecule has 2 aliphatic heterocycles. The molecule has 7 heteroatoms. The maximum absolute atomic E-state index is 12.2. The lowest BCUT2D eigenvalue weighted by Gasteiger charge is -2.35. The van der Waals surface area contributed by atoms with Gasteiger partial charge < -0.3 is 14.6 Å². The third kappa shape index (κ3) is 3.88. The Hall–Kier alpha value is -2.25. The molecule has 0 bridgehead atoms. The Morgan fingerprint density at radius 3 is 2.80 bits per heavy atom. The van der Waals surface area contributed by atoms with Crippen molar-refractivity contribution in [2.75, 3.05) is 19.7 Å². The number of rotatable bonds is 5. The number of hydrogen-bond donors (Lipinski definition) is 1. The molecule has 4 rings (SSSR count). The Morgan fingerprint density at radius 1 is 1.20 bits per heavy atom. The summed E-state index contributed by atoms with van der Waals surface area (Å²) in [6.45, 7) is 3.13. The number of carbonyl (C=O) groups excluding carboxylic acids is 1. The summed E-state index contributed by atoms with van der Waals surface area (Å²) in [4.78, 5) is 14.6. The summed E-state index contributed by atoms with van der Waals surface area (Å²) in [6, 6.07) is 11.0. The Bertz CT molecular complexity index is 691. The number of morpholine rings is 1. The van der Waals surface area contributed by atoms with E-state index in [4.69, 9.17) is 4.74 Å². The second kappa shape index (κ2) is 7.33. The van der Waals surface area contributed by atoms with E-state index in [1.165, 1.54) is 5.56 Å². The van der Waals surface area contributed by atoms with Gasteiger partial charge in [-0.2, -0.15) is 0 Å². The van der Waals surface area contributed by atoms with Crippen molar-refractivity contribution in [1.82, 2.24) is 25.0 Å². The minimum absolute atomic E-state index is 0.0825. The van der Waals surface area contributed by atoms with Crippen molar-refractivity contribution >= 4 is 5.91 Å². The van der Waals surface area contributed by atoms with Crippen LogP contribution in [0.4, 0.5) is 0 Å². The summed E-state index contributed by atoms with van der Waals surface area (Å²) >= 11 is 0. The first-order valence-electron chi connectivity index (χ1n) is 8.80. The van der Waals surface area contributed by atoms with Crippen LogP contribution < -0.4 is 5.32 Å². The first-order valence-corrected chi connectivity index (χ1v) is 8.80. The topological polar surface area (TPSA) is 72.3 Å². The van der Waals surface area contributed by atoms with Crippen molar-refractivity contribution in [3.63, 3.8) is 0 Å². The number of benzene rings is 1. The maximum atomic E-state index is 12.2. The van der Waals surface area contributed by atoms with E-state index in [9.17, 15) is 4.79 Å². The van der Waals surface area contributed by atoms with Gasteiger partial charge in [-0.3, -0.25) is 9.69 Å². The highest BCUT2D eigenvalue weighted by molar-refractivity contribution is 5.76. The van der Waals surface area contributed by atoms with Crippen molar-refractivity contribution < 1.29 is 9.53 Å². The van der Waals surface area contributed by atoms with Crippen LogP contribution in [0, 0.1) is 0 Å². The van der Waals surface area contributed by atoms with Crippen LogP contribution in [0.15, 0.2) is 43.0 Å². The van der Waals surface area contributed by atoms with Gasteiger partial charge in [-0.05, 0) is 12.0 Å². The summed E-state index contributed by atoms with van der Waals surface area (Å²) in [5.74, 6) is 0.0825. The minimum atomic E-state index is 0.0825. The molecule has 25 heavy (non-hydrogen) atoms. The third-order valence-electron chi connectivity index (χ3n) is 5.02. The molecule has 0 unspecified atom stereocenters. The molecule has 0 saturated carbocycles. The van der Waals surface area contributed by atoms with E-state index in [0.29, 0.717) is 19.0 Å². The van der Waals surface area contributed by atoms with Crippen LogP contribution in [0.5, 0.6) is 0 Å². The Labute approximate surface area is 147 Å². The van der Waals surface area contributed by atoms with Gasteiger partial charge in [0, 0.05) is 38.1 Å². The van der Waals surface area contributed by atoms with Crippen LogP contribution in [-0.4, -0.2) is 57.4 Å². The molecule has 7 nitrogen and oxygen atoms in total. The molecule has 3 atom stereocenters. The van der Waals surface area contributed by atoms with E-state index in [0.717, 1.165) is 26.1 Å². The van der Waals surface area contributed by atoms with Crippen LogP contribution in [0.3, 0.4) is 0 Å². The molecule has 3 heterocycles. The molecular formula is C18H23N5O2. The summed E-state index contributed by atoms with van der Waals surface area (Å²) in [5.41, 5.74) is 1.22. The zero-order chi connectivity index (χ0) is 17.1. The Morgan fingerprint density at radius 2 is 2.00 bits per heavy atom. The molecular weight excluding hydrogens is 318 g/mol. The molecule has 0 spiro atoms. The number of aryl methyl sites for hydroxylation is 1. The van der Waals surface area contributed by atoms with Gasteiger partial charge in [0.25, 0.3) is 0 Å². The van der Waals surface area contributed by atoms with Gasteiger partial charge in [-0.1, -0.05) is 30.3 Å². The van der Waals surface area contributed by atoms with Crippen molar-refractivity contribution in [3.8, 4) is 0 Å². The molecule has 1 N–H and O–H groups in total. The van der Waals surface area contributed by atoms with Crippen LogP contribution in [0.1, 0.15) is 24.5 Å². The largest absolute Gasteiger partial charge is 0.371 e. The lowest BCUT2D eigenvalue weighted by molar-refractivity contribution is -0.121. The van der Waals surface area contributed by atoms with Gasteiger partial charge in [-0.25, -0.2) is 0 Å². The highest BCUT2D eigenvalue weighted by Crippen LogP contribution is 2.30. The van der Waals surface area contributed by atoms with E-state index in [1.807, 2.05) is 22.8 Å². The monoisotopic (exact) mass is 341 g/mol. The van der Waals surface area contributed by atoms with Crippen molar-refractivity contribution in [2.45, 2.75) is 37.6 Å². The smallest absolute Gasteiger partial charge is 0.222 e. The van der Waals surface area contributed by atoms with Gasteiger partial charge in [0.15, 0.2) is 0 Å². The molecule has 2 aromatic rings. The van der Waals surface area contributed by atoms with Crippen molar-refractivity contribution in [3.05, 3.63) is 48.5 Å². The number of ether oxygens (including phenoxy) is 1. The molecule has 1 aromatic carbocycles. The predicted octanol–water partition coefficient (Wildman–Crippen LogP) is 0.999. The Balaban J connectivity index is 1.27. The van der Waals surface area contributed by atoms with Gasteiger partial charge in [0.2, 0.25) is 5.91 Å². The Kier molecular flexibility index (Phi) is 4.76. The van der Waals surface area contributed by atoms with Crippen molar-refractivity contribution in [2.24, 2.45) is 0 Å². The number of nitrogens with one attached hydrogen (secondary N) is 1. The summed E-state index contributed by atoms with van der Waals surface area (Å²) in [7, 11) is 0. The van der Waals surface area contributed by atoms with Crippen LogP contribution in [0.2, 0.25) is 0 Å². The second-order valence-electron chi connectivity index (χ2n) is 6.79. The fourth-order valence-electron chi connectivity index (χ4n) is 3.72. The molecule has 0 aliphatic carbocycles. The first kappa shape index (κ1) is 16.2. The molecule has 132 valence electrons. The fraction of sp³-hybridized carbons (Fsp3) is 0.500. The van der Waals surface area contributed by atoms with E-state index < -0.39 is 0 Å². The zero-order valence-corrected chi connectivity index (χ0v) is 14.1. The summed E-state index contributed by atoms with van der Waals surface area (Å²) < 4.78 is 7.87. The van der Waals surface area contributed by atoms with E-state index in [-0.39, 0.29) is 18.1 Å². The van der Waals surface area contributed by atoms with Gasteiger partial charge in [0.05, 0.1) is 12.7 Å². The lowest BCUT2D eigenvalue weighted by Crippen LogP contribution is -2.43. The minimum Gasteiger partial charge on any atom is -0.371 e. The van der Waals surface area contributed by atoms with E-state index in [2.05, 4.69) is 32.5 Å². The van der Waals surface area contributed by atoms with Crippen molar-refractivity contribution in [1.29, 1.82) is 0 Å². The average Bonchev–Trinajstić information content (AvgIpc) is 3.29. The standard InChI is InChI=1S/C18H23N5O2/c24-18(6-7-22-12-19-20-13-22)21-15-8-16-11-25-17(10-23(16)9-15)14-4-2-1-3-5-14/h1-5,12-13,15-17H,6-11H2,(H,21,24)/t15-,16+,17-/m1/s1.